The minimum absolute atomic E-state index is 0.236. The van der Waals surface area contributed by atoms with Crippen LogP contribution < -0.4 is 20.7 Å². The third-order valence-corrected chi connectivity index (χ3v) is 5.77. The fourth-order valence-corrected chi connectivity index (χ4v) is 4.00. The van der Waals surface area contributed by atoms with Crippen LogP contribution in [0.2, 0.25) is 0 Å². The van der Waals surface area contributed by atoms with Gasteiger partial charge in [-0.2, -0.15) is 0 Å². The lowest BCUT2D eigenvalue weighted by Gasteiger charge is -2.20. The van der Waals surface area contributed by atoms with Gasteiger partial charge in [0, 0.05) is 20.5 Å². The highest BCUT2D eigenvalue weighted by atomic mass is 16.5. The number of hydrogen-bond donors (Lipinski definition) is 3. The number of aliphatic hydroxyl groups excluding tert-OH is 1. The van der Waals surface area contributed by atoms with Gasteiger partial charge >= 0.3 is 0 Å². The number of imidazole rings is 1. The zero-order valence-electron chi connectivity index (χ0n) is 18.9. The number of rotatable bonds is 8. The Balaban J connectivity index is 1.44. The Morgan fingerprint density at radius 2 is 2.09 bits per heavy atom. The fourth-order valence-electron chi connectivity index (χ4n) is 4.00. The summed E-state index contributed by atoms with van der Waals surface area (Å²) in [5, 5.41) is 12.8. The molecule has 1 aliphatic rings. The Labute approximate surface area is 191 Å². The second kappa shape index (κ2) is 9.69. The van der Waals surface area contributed by atoms with E-state index in [1.807, 2.05) is 43.3 Å². The van der Waals surface area contributed by atoms with Crippen LogP contribution in [0.1, 0.15) is 18.2 Å². The van der Waals surface area contributed by atoms with Gasteiger partial charge in [0.05, 0.1) is 32.1 Å². The normalized spacial score (nSPS) is 21.2. The molecule has 3 aromatic rings. The number of anilines is 1. The van der Waals surface area contributed by atoms with Crippen molar-refractivity contribution in [3.8, 4) is 5.75 Å². The molecule has 11 nitrogen and oxygen atoms in total. The maximum absolute atomic E-state index is 12.8. The third kappa shape index (κ3) is 4.75. The second-order valence-corrected chi connectivity index (χ2v) is 8.24. The molecule has 0 saturated carbocycles. The van der Waals surface area contributed by atoms with E-state index >= 15 is 0 Å². The third-order valence-electron chi connectivity index (χ3n) is 5.77. The molecule has 3 heterocycles. The van der Waals surface area contributed by atoms with Crippen LogP contribution in [-0.2, 0) is 16.0 Å². The largest absolute Gasteiger partial charge is 0.497 e. The summed E-state index contributed by atoms with van der Waals surface area (Å²) < 4.78 is 13.0. The zero-order valence-corrected chi connectivity index (χ0v) is 18.9. The molecule has 0 aliphatic carbocycles. The van der Waals surface area contributed by atoms with Gasteiger partial charge in [-0.05, 0) is 24.1 Å². The number of amides is 1. The molecule has 1 aliphatic heterocycles. The summed E-state index contributed by atoms with van der Waals surface area (Å²) in [7, 11) is 5.37. The molecule has 176 valence electrons. The van der Waals surface area contributed by atoms with Gasteiger partial charge in [-0.3, -0.25) is 9.36 Å². The molecule has 1 saturated heterocycles. The van der Waals surface area contributed by atoms with Crippen molar-refractivity contribution in [2.24, 2.45) is 5.73 Å². The molecule has 4 atom stereocenters. The van der Waals surface area contributed by atoms with E-state index in [1.165, 1.54) is 6.33 Å². The van der Waals surface area contributed by atoms with Gasteiger partial charge in [0.2, 0.25) is 5.91 Å². The van der Waals surface area contributed by atoms with Crippen LogP contribution >= 0.6 is 0 Å². The van der Waals surface area contributed by atoms with Crippen molar-refractivity contribution >= 4 is 22.9 Å². The Kier molecular flexibility index (Phi) is 6.72. The number of carbonyl (C=O) groups is 1. The van der Waals surface area contributed by atoms with Crippen LogP contribution in [0.15, 0.2) is 36.9 Å². The Morgan fingerprint density at radius 1 is 1.33 bits per heavy atom. The van der Waals surface area contributed by atoms with Crippen molar-refractivity contribution in [2.45, 2.75) is 37.3 Å². The summed E-state index contributed by atoms with van der Waals surface area (Å²) >= 11 is 0. The highest BCUT2D eigenvalue weighted by Crippen LogP contribution is 2.32. The molecule has 4 N–H and O–H groups in total. The number of nitrogens with two attached hydrogens (primary N) is 1. The van der Waals surface area contributed by atoms with E-state index in [2.05, 4.69) is 20.3 Å². The van der Waals surface area contributed by atoms with Gasteiger partial charge < -0.3 is 30.5 Å². The summed E-state index contributed by atoms with van der Waals surface area (Å²) in [5.74, 6) is 1.14. The average Bonchev–Trinajstić information content (AvgIpc) is 3.42. The van der Waals surface area contributed by atoms with E-state index in [9.17, 15) is 9.90 Å². The SMILES string of the molecule is COc1ccc(CC(N)C(=O)N[C@@H]2C[C@H](n3cnc4c(N(C)C)ncnc43)O[C@@H]2CO)cc1. The van der Waals surface area contributed by atoms with E-state index < -0.39 is 24.4 Å². The maximum atomic E-state index is 12.8. The minimum atomic E-state index is -0.735. The number of methoxy groups -OCH3 is 1. The first-order valence-electron chi connectivity index (χ1n) is 10.7. The van der Waals surface area contributed by atoms with Crippen molar-refractivity contribution in [1.82, 2.24) is 24.8 Å². The van der Waals surface area contributed by atoms with Crippen LogP contribution in [0.3, 0.4) is 0 Å². The minimum Gasteiger partial charge on any atom is -0.497 e. The molecular weight excluding hydrogens is 426 g/mol. The van der Waals surface area contributed by atoms with Gasteiger partial charge in [0.1, 0.15) is 24.4 Å². The van der Waals surface area contributed by atoms with Gasteiger partial charge in [-0.25, -0.2) is 15.0 Å². The lowest BCUT2D eigenvalue weighted by Crippen LogP contribution is -2.49. The quantitative estimate of drug-likeness (QED) is 0.435. The predicted molar refractivity (Wildman–Crippen MR) is 122 cm³/mol. The number of fused-ring (bicyclic) bond motifs is 1. The van der Waals surface area contributed by atoms with Gasteiger partial charge in [-0.1, -0.05) is 12.1 Å². The summed E-state index contributed by atoms with van der Waals surface area (Å²) in [5.41, 5.74) is 8.36. The van der Waals surface area contributed by atoms with E-state index in [0.29, 0.717) is 29.8 Å². The van der Waals surface area contributed by atoms with Crippen LogP contribution in [0.4, 0.5) is 5.82 Å². The second-order valence-electron chi connectivity index (χ2n) is 8.24. The van der Waals surface area contributed by atoms with Crippen molar-refractivity contribution in [1.29, 1.82) is 0 Å². The summed E-state index contributed by atoms with van der Waals surface area (Å²) in [4.78, 5) is 27.7. The summed E-state index contributed by atoms with van der Waals surface area (Å²) in [6, 6.07) is 6.29. The number of ether oxygens (including phenoxy) is 2. The first kappa shape index (κ1) is 22.9. The topological polar surface area (TPSA) is 141 Å². The lowest BCUT2D eigenvalue weighted by atomic mass is 10.0. The monoisotopic (exact) mass is 455 g/mol. The zero-order chi connectivity index (χ0) is 23.5. The summed E-state index contributed by atoms with van der Waals surface area (Å²) in [6.45, 7) is -0.236. The first-order valence-corrected chi connectivity index (χ1v) is 10.7. The number of hydrogen-bond acceptors (Lipinski definition) is 9. The Morgan fingerprint density at radius 3 is 2.76 bits per heavy atom. The molecule has 1 unspecified atom stereocenters. The van der Waals surface area contributed by atoms with Gasteiger partial charge in [0.15, 0.2) is 17.0 Å². The van der Waals surface area contributed by atoms with Crippen molar-refractivity contribution in [2.75, 3.05) is 32.7 Å². The van der Waals surface area contributed by atoms with Crippen LogP contribution in [0.5, 0.6) is 5.75 Å². The number of benzene rings is 1. The molecular formula is C22H29N7O4. The van der Waals surface area contributed by atoms with E-state index in [0.717, 1.165) is 11.3 Å². The average molecular weight is 456 g/mol. The molecule has 1 fully saturated rings. The number of aromatic nitrogens is 4. The number of carbonyl (C=O) groups excluding carboxylic acids is 1. The highest BCUT2D eigenvalue weighted by Gasteiger charge is 2.38. The molecule has 1 aromatic carbocycles. The standard InChI is InChI=1S/C22H29N7O4/c1-28(2)20-19-21(25-11-24-20)29(12-26-19)18-9-16(17(10-30)33-18)27-22(31)15(23)8-13-4-6-14(32-3)7-5-13/h4-7,11-12,15-18,30H,8-10,23H2,1-3H3,(H,27,31)/t15?,16-,17-,18-/m1/s1. The molecule has 0 radical (unpaired) electrons. The number of nitrogens with one attached hydrogen (secondary N) is 1. The van der Waals surface area contributed by atoms with Crippen molar-refractivity contribution < 1.29 is 19.4 Å². The van der Waals surface area contributed by atoms with Crippen molar-refractivity contribution in [3.05, 3.63) is 42.5 Å². The van der Waals surface area contributed by atoms with Crippen LogP contribution in [0, 0.1) is 0 Å². The molecule has 4 rings (SSSR count). The molecule has 1 amide bonds. The van der Waals surface area contributed by atoms with Crippen molar-refractivity contribution in [3.63, 3.8) is 0 Å². The Hall–Kier alpha value is -3.28. The number of aliphatic hydroxyl groups is 1. The van der Waals surface area contributed by atoms with Gasteiger partial charge in [-0.15, -0.1) is 0 Å². The molecule has 0 spiro atoms. The van der Waals surface area contributed by atoms with E-state index in [1.54, 1.807) is 18.0 Å². The first-order chi connectivity index (χ1) is 15.9. The molecule has 2 aromatic heterocycles. The van der Waals surface area contributed by atoms with Gasteiger partial charge in [0.25, 0.3) is 0 Å². The van der Waals surface area contributed by atoms with E-state index in [-0.39, 0.29) is 12.5 Å². The Bertz CT molecular complexity index is 1100. The molecule has 33 heavy (non-hydrogen) atoms. The predicted octanol–water partition coefficient (Wildman–Crippen LogP) is 0.236. The van der Waals surface area contributed by atoms with Crippen LogP contribution in [-0.4, -0.2) is 76.5 Å². The molecule has 0 bridgehead atoms. The molecule has 11 heteroatoms. The number of nitrogens with zero attached hydrogens (tertiary/aromatic N) is 5. The highest BCUT2D eigenvalue weighted by molar-refractivity contribution is 5.83. The maximum Gasteiger partial charge on any atom is 0.237 e. The van der Waals surface area contributed by atoms with Crippen LogP contribution in [0.25, 0.3) is 11.2 Å². The lowest BCUT2D eigenvalue weighted by molar-refractivity contribution is -0.123. The fraction of sp³-hybridized carbons (Fsp3) is 0.455. The smallest absolute Gasteiger partial charge is 0.237 e. The summed E-state index contributed by atoms with van der Waals surface area (Å²) in [6.07, 6.45) is 2.93. The van der Waals surface area contributed by atoms with E-state index in [4.69, 9.17) is 15.2 Å².